The van der Waals surface area contributed by atoms with Crippen LogP contribution < -0.4 is 11.1 Å². The van der Waals surface area contributed by atoms with Crippen LogP contribution >= 0.6 is 0 Å². The van der Waals surface area contributed by atoms with Crippen LogP contribution in [0, 0.1) is 5.92 Å². The number of nitrogens with zero attached hydrogens (tertiary/aromatic N) is 1. The summed E-state index contributed by atoms with van der Waals surface area (Å²) in [6.07, 6.45) is 0.826. The molecule has 0 rings (SSSR count). The van der Waals surface area contributed by atoms with Gasteiger partial charge in [0.05, 0.1) is 6.61 Å². The van der Waals surface area contributed by atoms with Crippen molar-refractivity contribution < 1.29 is 10.3 Å². The highest BCUT2D eigenvalue weighted by atomic mass is 16.4. The van der Waals surface area contributed by atoms with Crippen molar-refractivity contribution in [2.75, 3.05) is 13.2 Å². The van der Waals surface area contributed by atoms with E-state index >= 15 is 0 Å². The van der Waals surface area contributed by atoms with Crippen LogP contribution in [0.5, 0.6) is 0 Å². The normalized spacial score (nSPS) is 19.0. The number of hydrogen-bond acceptors (Lipinski definition) is 4. The summed E-state index contributed by atoms with van der Waals surface area (Å²) in [7, 11) is 0. The maximum atomic E-state index is 9.12. The first-order valence-corrected chi connectivity index (χ1v) is 4.82. The minimum Gasteiger partial charge on any atom is -0.409 e. The van der Waals surface area contributed by atoms with E-state index in [4.69, 9.17) is 16.0 Å². The van der Waals surface area contributed by atoms with Gasteiger partial charge in [-0.1, -0.05) is 19.0 Å². The highest BCUT2D eigenvalue weighted by Crippen LogP contribution is 2.08. The van der Waals surface area contributed by atoms with Crippen molar-refractivity contribution in [3.8, 4) is 0 Å². The summed E-state index contributed by atoms with van der Waals surface area (Å²) in [5.41, 5.74) is 5.14. The highest BCUT2D eigenvalue weighted by Gasteiger charge is 2.21. The zero-order valence-electron chi connectivity index (χ0n) is 9.12. The van der Waals surface area contributed by atoms with Gasteiger partial charge in [0, 0.05) is 18.0 Å². The maximum Gasteiger partial charge on any atom is 0.143 e. The largest absolute Gasteiger partial charge is 0.409 e. The van der Waals surface area contributed by atoms with Gasteiger partial charge in [0.1, 0.15) is 5.84 Å². The minimum atomic E-state index is -0.288. The minimum absolute atomic E-state index is 0.0441. The molecule has 2 atom stereocenters. The van der Waals surface area contributed by atoms with E-state index in [9.17, 15) is 0 Å². The lowest BCUT2D eigenvalue weighted by molar-refractivity contribution is 0.168. The standard InChI is InChI=1S/C9H21N3O2/c1-4-9(3,6-13)11-5-7(2)8(10)12-14/h7,11,13-14H,4-6H2,1-3H3,(H2,10,12). The Morgan fingerprint density at radius 1 is 1.64 bits per heavy atom. The molecular formula is C9H21N3O2. The smallest absolute Gasteiger partial charge is 0.143 e. The Balaban J connectivity index is 4.04. The molecule has 0 radical (unpaired) electrons. The second-order valence-corrected chi connectivity index (χ2v) is 3.88. The zero-order valence-corrected chi connectivity index (χ0v) is 9.12. The molecule has 0 bridgehead atoms. The molecule has 0 saturated carbocycles. The topological polar surface area (TPSA) is 90.9 Å². The molecule has 0 aliphatic rings. The first kappa shape index (κ1) is 13.2. The summed E-state index contributed by atoms with van der Waals surface area (Å²) >= 11 is 0. The summed E-state index contributed by atoms with van der Waals surface area (Å²) in [5.74, 6) is 0.159. The fourth-order valence-electron chi connectivity index (χ4n) is 0.895. The second kappa shape index (κ2) is 5.82. The molecule has 0 spiro atoms. The van der Waals surface area contributed by atoms with Gasteiger partial charge < -0.3 is 21.4 Å². The van der Waals surface area contributed by atoms with Crippen LogP contribution in [-0.2, 0) is 0 Å². The summed E-state index contributed by atoms with van der Waals surface area (Å²) in [6.45, 7) is 6.45. The first-order valence-electron chi connectivity index (χ1n) is 4.82. The summed E-state index contributed by atoms with van der Waals surface area (Å²) in [4.78, 5) is 0. The van der Waals surface area contributed by atoms with Crippen LogP contribution in [0.1, 0.15) is 27.2 Å². The van der Waals surface area contributed by atoms with Crippen LogP contribution in [-0.4, -0.2) is 34.8 Å². The summed E-state index contributed by atoms with van der Waals surface area (Å²) < 4.78 is 0. The number of hydrogen-bond donors (Lipinski definition) is 4. The van der Waals surface area contributed by atoms with Gasteiger partial charge in [-0.05, 0) is 13.3 Å². The van der Waals surface area contributed by atoms with Crippen molar-refractivity contribution >= 4 is 5.84 Å². The van der Waals surface area contributed by atoms with Crippen LogP contribution in [0.3, 0.4) is 0 Å². The molecule has 5 N–H and O–H groups in total. The number of nitrogens with one attached hydrogen (secondary N) is 1. The Bertz CT molecular complexity index is 190. The van der Waals surface area contributed by atoms with Crippen molar-refractivity contribution in [3.63, 3.8) is 0 Å². The van der Waals surface area contributed by atoms with Crippen molar-refractivity contribution in [1.82, 2.24) is 5.32 Å². The third-order valence-electron chi connectivity index (χ3n) is 2.58. The molecule has 0 aromatic rings. The molecule has 0 saturated heterocycles. The predicted molar refractivity (Wildman–Crippen MR) is 56.4 cm³/mol. The first-order chi connectivity index (χ1) is 6.49. The molecule has 0 heterocycles. The number of oxime groups is 1. The highest BCUT2D eigenvalue weighted by molar-refractivity contribution is 5.82. The third kappa shape index (κ3) is 3.93. The molecule has 0 aliphatic heterocycles. The van der Waals surface area contributed by atoms with Gasteiger partial charge in [-0.15, -0.1) is 0 Å². The molecule has 5 heteroatoms. The third-order valence-corrected chi connectivity index (χ3v) is 2.58. The van der Waals surface area contributed by atoms with Crippen LogP contribution in [0.15, 0.2) is 5.16 Å². The SMILES string of the molecule is CCC(C)(CO)NCC(C)C(N)=NO. The lowest BCUT2D eigenvalue weighted by atomic mass is 9.99. The Labute approximate surface area is 85.0 Å². The molecule has 0 fully saturated rings. The molecule has 0 aromatic heterocycles. The molecule has 5 nitrogen and oxygen atoms in total. The number of aliphatic hydroxyl groups excluding tert-OH is 1. The molecule has 0 aromatic carbocycles. The lowest BCUT2D eigenvalue weighted by Gasteiger charge is -2.28. The summed E-state index contributed by atoms with van der Waals surface area (Å²) in [5, 5.41) is 23.7. The van der Waals surface area contributed by atoms with E-state index in [1.54, 1.807) is 0 Å². The van der Waals surface area contributed by atoms with Crippen molar-refractivity contribution in [2.24, 2.45) is 16.8 Å². The number of amidine groups is 1. The fourth-order valence-corrected chi connectivity index (χ4v) is 0.895. The van der Waals surface area contributed by atoms with Crippen molar-refractivity contribution in [2.45, 2.75) is 32.7 Å². The van der Waals surface area contributed by atoms with Gasteiger partial charge in [-0.25, -0.2) is 0 Å². The maximum absolute atomic E-state index is 9.12. The monoisotopic (exact) mass is 203 g/mol. The Morgan fingerprint density at radius 3 is 2.57 bits per heavy atom. The van der Waals surface area contributed by atoms with E-state index in [1.807, 2.05) is 20.8 Å². The van der Waals surface area contributed by atoms with E-state index in [2.05, 4.69) is 10.5 Å². The van der Waals surface area contributed by atoms with Crippen LogP contribution in [0.2, 0.25) is 0 Å². The lowest BCUT2D eigenvalue weighted by Crippen LogP contribution is -2.48. The predicted octanol–water partition coefficient (Wildman–Crippen LogP) is 0.120. The molecule has 14 heavy (non-hydrogen) atoms. The number of aliphatic hydroxyl groups is 1. The molecule has 84 valence electrons. The van der Waals surface area contributed by atoms with E-state index in [-0.39, 0.29) is 23.9 Å². The van der Waals surface area contributed by atoms with E-state index in [0.717, 1.165) is 6.42 Å². The number of rotatable bonds is 6. The van der Waals surface area contributed by atoms with Crippen LogP contribution in [0.4, 0.5) is 0 Å². The zero-order chi connectivity index (χ0) is 11.2. The van der Waals surface area contributed by atoms with Gasteiger partial charge in [-0.3, -0.25) is 0 Å². The van der Waals surface area contributed by atoms with E-state index in [0.29, 0.717) is 6.54 Å². The van der Waals surface area contributed by atoms with Gasteiger partial charge in [-0.2, -0.15) is 0 Å². The van der Waals surface area contributed by atoms with Crippen molar-refractivity contribution in [3.05, 3.63) is 0 Å². The Hall–Kier alpha value is -0.810. The Kier molecular flexibility index (Phi) is 5.49. The van der Waals surface area contributed by atoms with Gasteiger partial charge in [0.25, 0.3) is 0 Å². The van der Waals surface area contributed by atoms with E-state index < -0.39 is 0 Å². The quantitative estimate of drug-likeness (QED) is 0.213. The average molecular weight is 203 g/mol. The summed E-state index contributed by atoms with van der Waals surface area (Å²) in [6, 6.07) is 0. The van der Waals surface area contributed by atoms with Crippen molar-refractivity contribution in [1.29, 1.82) is 0 Å². The van der Waals surface area contributed by atoms with Gasteiger partial charge in [0.15, 0.2) is 0 Å². The second-order valence-electron chi connectivity index (χ2n) is 3.88. The fraction of sp³-hybridized carbons (Fsp3) is 0.889. The molecule has 0 aliphatic carbocycles. The van der Waals surface area contributed by atoms with E-state index in [1.165, 1.54) is 0 Å². The molecule has 0 amide bonds. The average Bonchev–Trinajstić information content (AvgIpc) is 2.24. The molecular weight excluding hydrogens is 182 g/mol. The number of nitrogens with two attached hydrogens (primary N) is 1. The molecule has 2 unspecified atom stereocenters. The Morgan fingerprint density at radius 2 is 2.21 bits per heavy atom. The van der Waals surface area contributed by atoms with Crippen LogP contribution in [0.25, 0.3) is 0 Å². The van der Waals surface area contributed by atoms with Gasteiger partial charge >= 0.3 is 0 Å². The van der Waals surface area contributed by atoms with Gasteiger partial charge in [0.2, 0.25) is 0 Å².